The van der Waals surface area contributed by atoms with E-state index in [-0.39, 0.29) is 18.5 Å². The smallest absolute Gasteiger partial charge is 0.341 e. The Bertz CT molecular complexity index is 1010. The summed E-state index contributed by atoms with van der Waals surface area (Å²) in [5.41, 5.74) is -3.22. The van der Waals surface area contributed by atoms with Crippen molar-refractivity contribution in [3.05, 3.63) is 23.0 Å². The minimum Gasteiger partial charge on any atom is -0.479 e. The largest absolute Gasteiger partial charge is 0.479 e. The van der Waals surface area contributed by atoms with E-state index in [1.807, 2.05) is 6.92 Å². The summed E-state index contributed by atoms with van der Waals surface area (Å²) in [5, 5.41) is 23.1. The SMILES string of the molecule is CCCCCCCCCCCC(=O)C1(C(=O)CCCCCCCCCCC)CC(C(=O)O)(C(=O)O)NC1=C1N=CC=C1CC. The summed E-state index contributed by atoms with van der Waals surface area (Å²) in [6.07, 6.45) is 22.6. The Morgan fingerprint density at radius 3 is 1.48 bits per heavy atom. The molecule has 248 valence electrons. The van der Waals surface area contributed by atoms with Crippen LogP contribution in [0.4, 0.5) is 0 Å². The van der Waals surface area contributed by atoms with E-state index in [2.05, 4.69) is 24.2 Å². The lowest BCUT2D eigenvalue weighted by Gasteiger charge is -2.28. The molecule has 0 bridgehead atoms. The van der Waals surface area contributed by atoms with E-state index in [1.54, 1.807) is 12.3 Å². The number of aliphatic carboxylic acids is 2. The van der Waals surface area contributed by atoms with Gasteiger partial charge in [-0.15, -0.1) is 0 Å². The number of hydrogen-bond donors (Lipinski definition) is 3. The molecule has 3 N–H and O–H groups in total. The third kappa shape index (κ3) is 9.87. The summed E-state index contributed by atoms with van der Waals surface area (Å²) in [4.78, 5) is 57.9. The van der Waals surface area contributed by atoms with Gasteiger partial charge >= 0.3 is 11.9 Å². The Hall–Kier alpha value is -2.77. The first-order chi connectivity index (χ1) is 21.2. The van der Waals surface area contributed by atoms with Crippen molar-refractivity contribution in [2.24, 2.45) is 10.4 Å². The Morgan fingerprint density at radius 1 is 0.682 bits per heavy atom. The average molecular weight is 615 g/mol. The van der Waals surface area contributed by atoms with Crippen molar-refractivity contribution in [2.75, 3.05) is 0 Å². The Labute approximate surface area is 265 Å². The van der Waals surface area contributed by atoms with Crippen LogP contribution in [0.2, 0.25) is 0 Å². The molecular formula is C36H58N2O6. The van der Waals surface area contributed by atoms with Crippen molar-refractivity contribution < 1.29 is 29.4 Å². The van der Waals surface area contributed by atoms with E-state index in [0.29, 0.717) is 25.0 Å². The maximum atomic E-state index is 14.2. The third-order valence-electron chi connectivity index (χ3n) is 9.39. The first kappa shape index (κ1) is 37.4. The van der Waals surface area contributed by atoms with Crippen molar-refractivity contribution >= 4 is 29.7 Å². The number of carboxylic acid groups (broad SMARTS) is 2. The summed E-state index contributed by atoms with van der Waals surface area (Å²) in [6, 6.07) is 0. The van der Waals surface area contributed by atoms with Gasteiger partial charge in [0.25, 0.3) is 0 Å². The summed E-state index contributed by atoms with van der Waals surface area (Å²) in [5.74, 6) is -4.00. The van der Waals surface area contributed by atoms with Crippen LogP contribution in [0.25, 0.3) is 0 Å². The molecule has 0 aromatic rings. The number of carboxylic acids is 2. The van der Waals surface area contributed by atoms with Crippen LogP contribution in [0.15, 0.2) is 28.0 Å². The second kappa shape index (κ2) is 19.6. The monoisotopic (exact) mass is 614 g/mol. The molecule has 2 heterocycles. The standard InChI is InChI=1S/C36H58N2O6/c1-4-7-9-11-13-15-17-19-21-23-29(39)35(30(40)24-22-20-18-16-14-12-10-8-5-2)27-36(33(41)42,34(43)44)38-32(35)31-28(6-3)25-26-37-31/h25-26,38H,4-24,27H2,1-3H3,(H,41,42)(H,43,44). The fraction of sp³-hybridized carbons (Fsp3) is 0.750. The van der Waals surface area contributed by atoms with Crippen LogP contribution in [-0.4, -0.2) is 45.5 Å². The predicted octanol–water partition coefficient (Wildman–Crippen LogP) is 8.49. The number of carbonyl (C=O) groups excluding carboxylic acids is 2. The quantitative estimate of drug-likeness (QED) is 0.0693. The number of Topliss-reactive ketones (excluding diaryl/α,β-unsaturated/α-hetero) is 2. The summed E-state index contributed by atoms with van der Waals surface area (Å²) >= 11 is 0. The maximum Gasteiger partial charge on any atom is 0.341 e. The highest BCUT2D eigenvalue weighted by Gasteiger charge is 2.66. The second-order valence-electron chi connectivity index (χ2n) is 12.8. The zero-order valence-electron chi connectivity index (χ0n) is 27.7. The van der Waals surface area contributed by atoms with Gasteiger partial charge in [0, 0.05) is 25.5 Å². The highest BCUT2D eigenvalue weighted by molar-refractivity contribution is 6.15. The number of hydrogen-bond acceptors (Lipinski definition) is 6. The van der Waals surface area contributed by atoms with E-state index in [4.69, 9.17) is 0 Å². The van der Waals surface area contributed by atoms with E-state index in [1.165, 1.54) is 64.2 Å². The van der Waals surface area contributed by atoms with Gasteiger partial charge in [0.15, 0.2) is 11.6 Å². The zero-order chi connectivity index (χ0) is 32.4. The lowest BCUT2D eigenvalue weighted by molar-refractivity contribution is -0.158. The molecule has 0 aliphatic carbocycles. The lowest BCUT2D eigenvalue weighted by Crippen LogP contribution is -2.54. The molecule has 0 aromatic heterocycles. The normalized spacial score (nSPS) is 18.3. The van der Waals surface area contributed by atoms with Gasteiger partial charge in [0.05, 0.1) is 11.4 Å². The van der Waals surface area contributed by atoms with Crippen LogP contribution >= 0.6 is 0 Å². The Morgan fingerprint density at radius 2 is 1.09 bits per heavy atom. The number of unbranched alkanes of at least 4 members (excludes halogenated alkanes) is 16. The van der Waals surface area contributed by atoms with Gasteiger partial charge in [-0.1, -0.05) is 124 Å². The van der Waals surface area contributed by atoms with Gasteiger partial charge in [-0.3, -0.25) is 14.6 Å². The molecule has 8 nitrogen and oxygen atoms in total. The molecular weight excluding hydrogens is 556 g/mol. The van der Waals surface area contributed by atoms with Gasteiger partial charge < -0.3 is 15.5 Å². The zero-order valence-corrected chi connectivity index (χ0v) is 27.7. The number of rotatable bonds is 25. The van der Waals surface area contributed by atoms with Crippen LogP contribution in [0.1, 0.15) is 162 Å². The van der Waals surface area contributed by atoms with Crippen molar-refractivity contribution in [2.45, 2.75) is 168 Å². The molecule has 44 heavy (non-hydrogen) atoms. The topological polar surface area (TPSA) is 133 Å². The van der Waals surface area contributed by atoms with Gasteiger partial charge in [0.1, 0.15) is 5.41 Å². The molecule has 8 heteroatoms. The number of carbonyl (C=O) groups is 4. The van der Waals surface area contributed by atoms with Crippen LogP contribution in [0, 0.1) is 5.41 Å². The molecule has 0 aromatic carbocycles. The fourth-order valence-electron chi connectivity index (χ4n) is 6.59. The predicted molar refractivity (Wildman–Crippen MR) is 176 cm³/mol. The van der Waals surface area contributed by atoms with Crippen molar-refractivity contribution in [3.8, 4) is 0 Å². The summed E-state index contributed by atoms with van der Waals surface area (Å²) in [7, 11) is 0. The van der Waals surface area contributed by atoms with Crippen molar-refractivity contribution in [1.29, 1.82) is 0 Å². The van der Waals surface area contributed by atoms with Crippen LogP contribution < -0.4 is 5.32 Å². The number of nitrogens with zero attached hydrogens (tertiary/aromatic N) is 1. The first-order valence-corrected chi connectivity index (χ1v) is 17.5. The summed E-state index contributed by atoms with van der Waals surface area (Å²) < 4.78 is 0. The van der Waals surface area contributed by atoms with Gasteiger partial charge in [-0.2, -0.15) is 0 Å². The Balaban J connectivity index is 2.26. The van der Waals surface area contributed by atoms with Crippen LogP contribution in [0.3, 0.4) is 0 Å². The molecule has 0 atom stereocenters. The Kier molecular flexibility index (Phi) is 16.7. The highest BCUT2D eigenvalue weighted by atomic mass is 16.4. The van der Waals surface area contributed by atoms with Crippen LogP contribution in [-0.2, 0) is 19.2 Å². The molecule has 0 unspecified atom stereocenters. The number of ketones is 2. The van der Waals surface area contributed by atoms with E-state index in [0.717, 1.165) is 44.1 Å². The number of nitrogens with one attached hydrogen (secondary N) is 1. The highest BCUT2D eigenvalue weighted by Crippen LogP contribution is 2.49. The minimum absolute atomic E-state index is 0.0611. The van der Waals surface area contributed by atoms with Gasteiger partial charge in [-0.05, 0) is 30.9 Å². The van der Waals surface area contributed by atoms with Gasteiger partial charge in [-0.25, -0.2) is 9.59 Å². The molecule has 0 amide bonds. The van der Waals surface area contributed by atoms with E-state index >= 15 is 0 Å². The van der Waals surface area contributed by atoms with Crippen molar-refractivity contribution in [3.63, 3.8) is 0 Å². The maximum absolute atomic E-state index is 14.2. The average Bonchev–Trinajstić information content (AvgIpc) is 3.63. The first-order valence-electron chi connectivity index (χ1n) is 17.5. The van der Waals surface area contributed by atoms with E-state index < -0.39 is 40.9 Å². The van der Waals surface area contributed by atoms with Gasteiger partial charge in [0.2, 0.25) is 5.54 Å². The number of aliphatic imine (C=N–C) groups is 1. The lowest BCUT2D eigenvalue weighted by atomic mass is 9.69. The molecule has 1 fully saturated rings. The molecule has 2 rings (SSSR count). The fourth-order valence-corrected chi connectivity index (χ4v) is 6.59. The summed E-state index contributed by atoms with van der Waals surface area (Å²) in [6.45, 7) is 6.30. The second-order valence-corrected chi connectivity index (χ2v) is 12.8. The molecule has 0 spiro atoms. The van der Waals surface area contributed by atoms with Crippen LogP contribution in [0.5, 0.6) is 0 Å². The number of allylic oxidation sites excluding steroid dienone is 3. The van der Waals surface area contributed by atoms with Crippen molar-refractivity contribution in [1.82, 2.24) is 5.32 Å². The molecule has 0 radical (unpaired) electrons. The molecule has 2 aliphatic rings. The molecule has 1 saturated heterocycles. The third-order valence-corrected chi connectivity index (χ3v) is 9.39. The molecule has 0 saturated carbocycles. The van der Waals surface area contributed by atoms with E-state index in [9.17, 15) is 29.4 Å². The minimum atomic E-state index is -2.48. The molecule has 2 aliphatic heterocycles.